The highest BCUT2D eigenvalue weighted by Gasteiger charge is 2.17. The summed E-state index contributed by atoms with van der Waals surface area (Å²) in [5.74, 6) is 0. The second-order valence-electron chi connectivity index (χ2n) is 3.89. The van der Waals surface area contributed by atoms with Crippen molar-refractivity contribution in [1.82, 2.24) is 5.32 Å². The number of urea groups is 1. The molecule has 104 valence electrons. The van der Waals surface area contributed by atoms with Crippen molar-refractivity contribution in [2.45, 2.75) is 6.54 Å². The minimum atomic E-state index is -0.414. The molecule has 1 heterocycles. The van der Waals surface area contributed by atoms with E-state index in [0.717, 1.165) is 9.89 Å². The van der Waals surface area contributed by atoms with Crippen LogP contribution in [0.3, 0.4) is 0 Å². The molecule has 7 heteroatoms. The second-order valence-corrected chi connectivity index (χ2v) is 5.36. The molecule has 0 atom stereocenters. The summed E-state index contributed by atoms with van der Waals surface area (Å²) < 4.78 is 0. The molecule has 0 unspecified atom stereocenters. The Morgan fingerprint density at radius 2 is 2.30 bits per heavy atom. The number of carbonyl (C=O) groups excluding carboxylic acids is 1. The van der Waals surface area contributed by atoms with E-state index in [0.29, 0.717) is 22.9 Å². The Bertz CT molecular complexity index is 615. The monoisotopic (exact) mass is 308 g/mol. The van der Waals surface area contributed by atoms with E-state index in [1.807, 2.05) is 17.5 Å². The number of hydrogen-bond donors (Lipinski definition) is 2. The molecule has 0 saturated heterocycles. The summed E-state index contributed by atoms with van der Waals surface area (Å²) in [7, 11) is 0. The predicted molar refractivity (Wildman–Crippen MR) is 84.4 cm³/mol. The topological polar surface area (TPSA) is 70.7 Å². The van der Waals surface area contributed by atoms with E-state index in [1.54, 1.807) is 29.5 Å². The van der Waals surface area contributed by atoms with Gasteiger partial charge in [-0.3, -0.25) is 0 Å². The largest absolute Gasteiger partial charge is 0.397 e. The Morgan fingerprint density at radius 3 is 2.95 bits per heavy atom. The van der Waals surface area contributed by atoms with Crippen molar-refractivity contribution in [2.75, 3.05) is 10.7 Å². The molecular formula is C13H13ClN4OS. The molecule has 0 aliphatic carbocycles. The van der Waals surface area contributed by atoms with Crippen molar-refractivity contribution in [2.24, 2.45) is 5.10 Å². The van der Waals surface area contributed by atoms with Gasteiger partial charge in [0, 0.05) is 16.6 Å². The van der Waals surface area contributed by atoms with E-state index in [2.05, 4.69) is 17.1 Å². The Labute approximate surface area is 125 Å². The minimum absolute atomic E-state index is 0.396. The predicted octanol–water partition coefficient (Wildman–Crippen LogP) is 3.32. The molecule has 2 rings (SSSR count). The van der Waals surface area contributed by atoms with Gasteiger partial charge in [-0.15, -0.1) is 11.3 Å². The number of rotatable bonds is 4. The zero-order valence-electron chi connectivity index (χ0n) is 10.5. The molecule has 0 bridgehead atoms. The van der Waals surface area contributed by atoms with Crippen LogP contribution in [0.15, 0.2) is 40.8 Å². The van der Waals surface area contributed by atoms with Crippen LogP contribution in [-0.2, 0) is 6.54 Å². The van der Waals surface area contributed by atoms with Crippen molar-refractivity contribution < 1.29 is 4.79 Å². The maximum absolute atomic E-state index is 12.1. The molecule has 5 nitrogen and oxygen atoms in total. The molecular weight excluding hydrogens is 296 g/mol. The number of nitrogens with one attached hydrogen (secondary N) is 1. The highest BCUT2D eigenvalue weighted by atomic mass is 35.5. The van der Waals surface area contributed by atoms with Crippen LogP contribution in [0.25, 0.3) is 0 Å². The lowest BCUT2D eigenvalue weighted by molar-refractivity contribution is 0.246. The molecule has 1 aromatic carbocycles. The molecule has 2 amide bonds. The number of anilines is 2. The standard InChI is InChI=1S/C13H13ClN4OS/c1-16-18(12-7-9(14)4-5-11(12)15)13(19)17-8-10-3-2-6-20-10/h2-7H,1,8,15H2,(H,17,19). The summed E-state index contributed by atoms with van der Waals surface area (Å²) in [4.78, 5) is 13.2. The Kier molecular flexibility index (Phi) is 4.60. The zero-order valence-corrected chi connectivity index (χ0v) is 12.1. The van der Waals surface area contributed by atoms with Gasteiger partial charge < -0.3 is 11.1 Å². The fourth-order valence-corrected chi connectivity index (χ4v) is 2.41. The molecule has 0 radical (unpaired) electrons. The minimum Gasteiger partial charge on any atom is -0.397 e. The van der Waals surface area contributed by atoms with Crippen molar-refractivity contribution >= 4 is 47.1 Å². The van der Waals surface area contributed by atoms with E-state index in [-0.39, 0.29) is 0 Å². The first-order chi connectivity index (χ1) is 9.61. The van der Waals surface area contributed by atoms with Crippen LogP contribution in [0.5, 0.6) is 0 Å². The van der Waals surface area contributed by atoms with Crippen molar-refractivity contribution in [3.05, 3.63) is 45.6 Å². The lowest BCUT2D eigenvalue weighted by atomic mass is 10.2. The van der Waals surface area contributed by atoms with Crippen LogP contribution in [0.2, 0.25) is 5.02 Å². The van der Waals surface area contributed by atoms with Crippen molar-refractivity contribution in [3.8, 4) is 0 Å². The number of amides is 2. The van der Waals surface area contributed by atoms with Gasteiger partial charge in [0.05, 0.1) is 17.9 Å². The first-order valence-electron chi connectivity index (χ1n) is 5.74. The lowest BCUT2D eigenvalue weighted by Crippen LogP contribution is -2.36. The van der Waals surface area contributed by atoms with Crippen LogP contribution in [0.1, 0.15) is 4.88 Å². The van der Waals surface area contributed by atoms with Gasteiger partial charge in [-0.25, -0.2) is 4.79 Å². The number of halogens is 1. The number of benzene rings is 1. The highest BCUT2D eigenvalue weighted by Crippen LogP contribution is 2.27. The Balaban J connectivity index is 2.12. The van der Waals surface area contributed by atoms with Crippen molar-refractivity contribution in [1.29, 1.82) is 0 Å². The maximum atomic E-state index is 12.1. The van der Waals surface area contributed by atoms with Crippen LogP contribution in [-0.4, -0.2) is 12.7 Å². The fourth-order valence-electron chi connectivity index (χ4n) is 1.60. The average molecular weight is 309 g/mol. The Morgan fingerprint density at radius 1 is 1.50 bits per heavy atom. The first kappa shape index (κ1) is 14.4. The zero-order chi connectivity index (χ0) is 14.5. The van der Waals surface area contributed by atoms with Crippen LogP contribution in [0, 0.1) is 0 Å². The van der Waals surface area contributed by atoms with E-state index in [4.69, 9.17) is 17.3 Å². The van der Waals surface area contributed by atoms with E-state index in [1.165, 1.54) is 0 Å². The van der Waals surface area contributed by atoms with Crippen LogP contribution < -0.4 is 16.1 Å². The molecule has 0 spiro atoms. The SMILES string of the molecule is C=NN(C(=O)NCc1cccs1)c1cc(Cl)ccc1N. The molecule has 0 aliphatic rings. The van der Waals surface area contributed by atoms with Gasteiger partial charge in [0.15, 0.2) is 0 Å². The van der Waals surface area contributed by atoms with Gasteiger partial charge in [-0.05, 0) is 29.6 Å². The number of nitrogens with two attached hydrogens (primary N) is 1. The van der Waals surface area contributed by atoms with Gasteiger partial charge in [-0.1, -0.05) is 17.7 Å². The maximum Gasteiger partial charge on any atom is 0.342 e. The average Bonchev–Trinajstić information content (AvgIpc) is 2.94. The quantitative estimate of drug-likeness (QED) is 0.517. The third-order valence-corrected chi connectivity index (χ3v) is 3.66. The number of nitrogens with zero attached hydrogens (tertiary/aromatic N) is 2. The number of hydrogen-bond acceptors (Lipinski definition) is 4. The molecule has 20 heavy (non-hydrogen) atoms. The summed E-state index contributed by atoms with van der Waals surface area (Å²) in [5, 5.41) is 9.95. The first-order valence-corrected chi connectivity index (χ1v) is 6.99. The third-order valence-electron chi connectivity index (χ3n) is 2.55. The van der Waals surface area contributed by atoms with Crippen LogP contribution in [0.4, 0.5) is 16.2 Å². The number of carbonyl (C=O) groups is 1. The molecule has 0 aliphatic heterocycles. The van der Waals surface area contributed by atoms with E-state index >= 15 is 0 Å². The van der Waals surface area contributed by atoms with Gasteiger partial charge in [-0.2, -0.15) is 10.1 Å². The fraction of sp³-hybridized carbons (Fsp3) is 0.0769. The smallest absolute Gasteiger partial charge is 0.342 e. The summed E-state index contributed by atoms with van der Waals surface area (Å²) in [6, 6.07) is 8.26. The molecule has 1 aromatic heterocycles. The lowest BCUT2D eigenvalue weighted by Gasteiger charge is -2.19. The number of hydrazone groups is 1. The normalized spacial score (nSPS) is 10.1. The summed E-state index contributed by atoms with van der Waals surface area (Å²) in [5.41, 5.74) is 6.62. The van der Waals surface area contributed by atoms with Gasteiger partial charge in [0.1, 0.15) is 0 Å². The van der Waals surface area contributed by atoms with Gasteiger partial charge in [0.25, 0.3) is 0 Å². The Hall–Kier alpha value is -2.05. The summed E-state index contributed by atoms with van der Waals surface area (Å²) in [6.07, 6.45) is 0. The number of nitrogen functional groups attached to an aromatic ring is 1. The van der Waals surface area contributed by atoms with Crippen molar-refractivity contribution in [3.63, 3.8) is 0 Å². The van der Waals surface area contributed by atoms with E-state index < -0.39 is 6.03 Å². The molecule has 3 N–H and O–H groups in total. The molecule has 0 saturated carbocycles. The summed E-state index contributed by atoms with van der Waals surface area (Å²) >= 11 is 7.47. The highest BCUT2D eigenvalue weighted by molar-refractivity contribution is 7.09. The molecule has 2 aromatic rings. The summed E-state index contributed by atoms with van der Waals surface area (Å²) in [6.45, 7) is 3.81. The van der Waals surface area contributed by atoms with Gasteiger partial charge in [0.2, 0.25) is 0 Å². The third kappa shape index (κ3) is 3.28. The van der Waals surface area contributed by atoms with Crippen LogP contribution >= 0.6 is 22.9 Å². The number of thiophene rings is 1. The van der Waals surface area contributed by atoms with Gasteiger partial charge >= 0.3 is 6.03 Å². The molecule has 0 fully saturated rings. The second kappa shape index (κ2) is 6.40. The van der Waals surface area contributed by atoms with E-state index in [9.17, 15) is 4.79 Å².